The molecule has 4 aromatic rings. The topological polar surface area (TPSA) is 91.1 Å². The van der Waals surface area contributed by atoms with Crippen molar-refractivity contribution in [3.63, 3.8) is 0 Å². The number of imidazole rings is 1. The van der Waals surface area contributed by atoms with Crippen molar-refractivity contribution < 1.29 is 9.47 Å². The van der Waals surface area contributed by atoms with Crippen LogP contribution in [0.2, 0.25) is 0 Å². The Morgan fingerprint density at radius 3 is 2.37 bits per heavy atom. The molecule has 8 heteroatoms. The third-order valence-corrected chi connectivity index (χ3v) is 6.55. The maximum absolute atomic E-state index is 5.38. The van der Waals surface area contributed by atoms with Gasteiger partial charge in [-0.25, -0.2) is 4.98 Å². The summed E-state index contributed by atoms with van der Waals surface area (Å²) in [4.78, 5) is 10.8. The van der Waals surface area contributed by atoms with Crippen molar-refractivity contribution in [1.82, 2.24) is 30.4 Å². The first-order valence-corrected chi connectivity index (χ1v) is 12.2. The molecule has 3 heterocycles. The van der Waals surface area contributed by atoms with Gasteiger partial charge in [-0.15, -0.1) is 0 Å². The van der Waals surface area contributed by atoms with Gasteiger partial charge in [0.1, 0.15) is 17.2 Å². The summed E-state index contributed by atoms with van der Waals surface area (Å²) in [7, 11) is 3.34. The number of H-pyrrole nitrogens is 2. The molecule has 3 N–H and O–H groups in total. The summed E-state index contributed by atoms with van der Waals surface area (Å²) >= 11 is 0. The Morgan fingerprint density at radius 2 is 1.66 bits per heavy atom. The lowest BCUT2D eigenvalue weighted by atomic mass is 10.1. The molecule has 0 saturated carbocycles. The number of nitrogens with zero attached hydrogens (tertiary/aromatic N) is 3. The van der Waals surface area contributed by atoms with Crippen LogP contribution in [0.3, 0.4) is 0 Å². The summed E-state index contributed by atoms with van der Waals surface area (Å²) in [6.07, 6.45) is 1.68. The maximum Gasteiger partial charge on any atom is 0.159 e. The van der Waals surface area contributed by atoms with Gasteiger partial charge in [0.15, 0.2) is 5.82 Å². The molecule has 1 aliphatic heterocycles. The van der Waals surface area contributed by atoms with Crippen LogP contribution in [0, 0.1) is 0 Å². The van der Waals surface area contributed by atoms with Crippen LogP contribution in [0.15, 0.2) is 42.5 Å². The number of fused-ring (bicyclic) bond motifs is 1. The molecular formula is C27H34N6O2. The Hall–Kier alpha value is -3.36. The van der Waals surface area contributed by atoms with E-state index in [4.69, 9.17) is 14.5 Å². The van der Waals surface area contributed by atoms with E-state index in [0.717, 1.165) is 77.8 Å². The number of methoxy groups -OCH3 is 2. The number of hydrogen-bond acceptors (Lipinski definition) is 6. The molecule has 184 valence electrons. The molecule has 0 bridgehead atoms. The van der Waals surface area contributed by atoms with Crippen molar-refractivity contribution in [2.45, 2.75) is 45.3 Å². The molecule has 2 atom stereocenters. The number of aryl methyl sites for hydroxylation is 2. The number of benzene rings is 2. The Morgan fingerprint density at radius 1 is 0.914 bits per heavy atom. The third-order valence-electron chi connectivity index (χ3n) is 6.55. The lowest BCUT2D eigenvalue weighted by Gasteiger charge is -2.36. The van der Waals surface area contributed by atoms with Crippen molar-refractivity contribution in [1.29, 1.82) is 0 Å². The second kappa shape index (κ2) is 10.1. The van der Waals surface area contributed by atoms with E-state index in [1.54, 1.807) is 14.2 Å². The first kappa shape index (κ1) is 23.4. The van der Waals surface area contributed by atoms with E-state index >= 15 is 0 Å². The van der Waals surface area contributed by atoms with Crippen LogP contribution in [-0.2, 0) is 19.4 Å². The Bertz CT molecular complexity index is 1260. The monoisotopic (exact) mass is 474 g/mol. The molecule has 2 unspecified atom stereocenters. The van der Waals surface area contributed by atoms with Gasteiger partial charge in [-0.3, -0.25) is 10.00 Å². The van der Waals surface area contributed by atoms with Crippen LogP contribution in [0.25, 0.3) is 22.6 Å². The Kier molecular flexibility index (Phi) is 6.74. The molecule has 1 saturated heterocycles. The first-order chi connectivity index (χ1) is 17.0. The molecule has 0 spiro atoms. The van der Waals surface area contributed by atoms with Crippen molar-refractivity contribution in [2.75, 3.05) is 27.3 Å². The van der Waals surface area contributed by atoms with E-state index in [1.807, 2.05) is 18.2 Å². The van der Waals surface area contributed by atoms with Crippen LogP contribution in [0.4, 0.5) is 0 Å². The zero-order chi connectivity index (χ0) is 24.4. The fourth-order valence-corrected chi connectivity index (χ4v) is 5.00. The van der Waals surface area contributed by atoms with Gasteiger partial charge in [-0.2, -0.15) is 5.10 Å². The SMILES string of the molecule is COc1cc(CCc2cc(-c3nc4ccc(CN5CC(C)NC(C)C5)cc4[nH]3)n[nH]2)cc(OC)c1. The average Bonchev–Trinajstić information content (AvgIpc) is 3.48. The average molecular weight is 475 g/mol. The summed E-state index contributed by atoms with van der Waals surface area (Å²) in [6.45, 7) is 7.57. The highest BCUT2D eigenvalue weighted by Gasteiger charge is 2.21. The highest BCUT2D eigenvalue weighted by Crippen LogP contribution is 2.25. The predicted molar refractivity (Wildman–Crippen MR) is 138 cm³/mol. The zero-order valence-electron chi connectivity index (χ0n) is 20.9. The van der Waals surface area contributed by atoms with Gasteiger partial charge >= 0.3 is 0 Å². The summed E-state index contributed by atoms with van der Waals surface area (Å²) in [5.74, 6) is 2.38. The quantitative estimate of drug-likeness (QED) is 0.358. The molecule has 2 aromatic heterocycles. The van der Waals surface area contributed by atoms with Gasteiger partial charge in [0.05, 0.1) is 25.3 Å². The second-order valence-electron chi connectivity index (χ2n) is 9.60. The number of piperazine rings is 1. The van der Waals surface area contributed by atoms with Crippen molar-refractivity contribution in [2.24, 2.45) is 0 Å². The number of ether oxygens (including phenoxy) is 2. The van der Waals surface area contributed by atoms with E-state index in [0.29, 0.717) is 12.1 Å². The molecule has 0 radical (unpaired) electrons. The van der Waals surface area contributed by atoms with Crippen molar-refractivity contribution >= 4 is 11.0 Å². The lowest BCUT2D eigenvalue weighted by Crippen LogP contribution is -2.53. The fraction of sp³-hybridized carbons (Fsp3) is 0.407. The number of aromatic nitrogens is 4. The molecular weight excluding hydrogens is 440 g/mol. The summed E-state index contributed by atoms with van der Waals surface area (Å²) in [6, 6.07) is 15.6. The highest BCUT2D eigenvalue weighted by molar-refractivity contribution is 5.79. The first-order valence-electron chi connectivity index (χ1n) is 12.2. The van der Waals surface area contributed by atoms with Crippen LogP contribution < -0.4 is 14.8 Å². The number of nitrogens with one attached hydrogen (secondary N) is 3. The Balaban J connectivity index is 1.27. The number of rotatable bonds is 8. The van der Waals surface area contributed by atoms with Gasteiger partial charge in [0, 0.05) is 43.5 Å². The minimum atomic E-state index is 0.515. The van der Waals surface area contributed by atoms with Crippen molar-refractivity contribution in [3.8, 4) is 23.0 Å². The summed E-state index contributed by atoms with van der Waals surface area (Å²) < 4.78 is 10.8. The van der Waals surface area contributed by atoms with Gasteiger partial charge in [-0.1, -0.05) is 6.07 Å². The number of hydrogen-bond donors (Lipinski definition) is 3. The molecule has 2 aromatic carbocycles. The van der Waals surface area contributed by atoms with Gasteiger partial charge < -0.3 is 19.8 Å². The number of aromatic amines is 2. The molecule has 8 nitrogen and oxygen atoms in total. The molecule has 35 heavy (non-hydrogen) atoms. The maximum atomic E-state index is 5.38. The van der Waals surface area contributed by atoms with Gasteiger partial charge in [0.2, 0.25) is 0 Å². The molecule has 1 fully saturated rings. The minimum absolute atomic E-state index is 0.515. The second-order valence-corrected chi connectivity index (χ2v) is 9.60. The van der Waals surface area contributed by atoms with Gasteiger partial charge in [0.25, 0.3) is 0 Å². The highest BCUT2D eigenvalue weighted by atomic mass is 16.5. The van der Waals surface area contributed by atoms with Crippen LogP contribution in [0.5, 0.6) is 11.5 Å². The smallest absolute Gasteiger partial charge is 0.159 e. The van der Waals surface area contributed by atoms with E-state index < -0.39 is 0 Å². The summed E-state index contributed by atoms with van der Waals surface area (Å²) in [5, 5.41) is 11.3. The minimum Gasteiger partial charge on any atom is -0.497 e. The lowest BCUT2D eigenvalue weighted by molar-refractivity contribution is 0.166. The van der Waals surface area contributed by atoms with E-state index in [-0.39, 0.29) is 0 Å². The van der Waals surface area contributed by atoms with E-state index in [2.05, 4.69) is 63.5 Å². The summed E-state index contributed by atoms with van der Waals surface area (Å²) in [5.41, 5.74) is 6.34. The van der Waals surface area contributed by atoms with E-state index in [9.17, 15) is 0 Å². The fourth-order valence-electron chi connectivity index (χ4n) is 5.00. The molecule has 0 amide bonds. The molecule has 0 aliphatic carbocycles. The van der Waals surface area contributed by atoms with Gasteiger partial charge in [-0.05, 0) is 68.1 Å². The normalized spacial score (nSPS) is 18.7. The molecule has 1 aliphatic rings. The molecule has 5 rings (SSSR count). The third kappa shape index (κ3) is 5.49. The Labute approximate surface area is 206 Å². The zero-order valence-corrected chi connectivity index (χ0v) is 20.9. The largest absolute Gasteiger partial charge is 0.497 e. The van der Waals surface area contributed by atoms with Crippen LogP contribution >= 0.6 is 0 Å². The van der Waals surface area contributed by atoms with Crippen molar-refractivity contribution in [3.05, 3.63) is 59.3 Å². The van der Waals surface area contributed by atoms with Crippen LogP contribution in [0.1, 0.15) is 30.7 Å². The van der Waals surface area contributed by atoms with Crippen LogP contribution in [-0.4, -0.2) is 64.5 Å². The standard InChI is InChI=1S/C27H34N6O2/c1-17-14-33(15-18(2)28-17)16-20-6-8-24-25(11-20)30-27(29-24)26-12-21(31-32-26)7-5-19-9-22(34-3)13-23(10-19)35-4/h6,8-13,17-18,28H,5,7,14-16H2,1-4H3,(H,29,30)(H,31,32). The van der Waals surface area contributed by atoms with E-state index in [1.165, 1.54) is 5.56 Å². The predicted octanol–water partition coefficient (Wildman–Crippen LogP) is 3.94.